The summed E-state index contributed by atoms with van der Waals surface area (Å²) in [6.07, 6.45) is 0.665. The summed E-state index contributed by atoms with van der Waals surface area (Å²) in [7, 11) is 0. The summed E-state index contributed by atoms with van der Waals surface area (Å²) in [5.74, 6) is -0.0925. The van der Waals surface area contributed by atoms with Crippen molar-refractivity contribution in [3.8, 4) is 11.3 Å². The summed E-state index contributed by atoms with van der Waals surface area (Å²) in [4.78, 5) is 10.8. The second kappa shape index (κ2) is 4.52. The van der Waals surface area contributed by atoms with Gasteiger partial charge in [-0.05, 0) is 30.3 Å². The van der Waals surface area contributed by atoms with E-state index in [2.05, 4.69) is 0 Å². The topological polar surface area (TPSA) is 30.2 Å². The van der Waals surface area contributed by atoms with E-state index in [1.165, 1.54) is 18.2 Å². The summed E-state index contributed by atoms with van der Waals surface area (Å²) in [5, 5.41) is 1.26. The molecular formula is C15H8ClFO2. The Hall–Kier alpha value is -2.13. The molecule has 0 spiro atoms. The van der Waals surface area contributed by atoms with Crippen molar-refractivity contribution in [3.05, 3.63) is 58.9 Å². The first-order chi connectivity index (χ1) is 9.19. The van der Waals surface area contributed by atoms with Gasteiger partial charge in [0.15, 0.2) is 5.58 Å². The largest absolute Gasteiger partial charge is 0.454 e. The molecule has 0 saturated carbocycles. The Balaban J connectivity index is 2.24. The van der Waals surface area contributed by atoms with E-state index in [1.807, 2.05) is 6.07 Å². The Bertz CT molecular complexity index is 777. The summed E-state index contributed by atoms with van der Waals surface area (Å²) in [5.41, 5.74) is 1.15. The molecular weight excluding hydrogens is 267 g/mol. The number of rotatable bonds is 2. The third-order valence-corrected chi connectivity index (χ3v) is 3.19. The molecule has 0 saturated heterocycles. The zero-order valence-electron chi connectivity index (χ0n) is 9.69. The van der Waals surface area contributed by atoms with E-state index in [0.717, 1.165) is 5.39 Å². The van der Waals surface area contributed by atoms with Gasteiger partial charge in [-0.15, -0.1) is 0 Å². The number of halogens is 2. The highest BCUT2D eigenvalue weighted by molar-refractivity contribution is 6.34. The molecule has 0 radical (unpaired) electrons. The SMILES string of the molecule is O=Cc1ccc(F)c(-c2cc3cccc(Cl)c3o2)c1. The molecule has 2 aromatic carbocycles. The number of benzene rings is 2. The van der Waals surface area contributed by atoms with Gasteiger partial charge in [0.05, 0.1) is 10.6 Å². The van der Waals surface area contributed by atoms with E-state index in [9.17, 15) is 9.18 Å². The summed E-state index contributed by atoms with van der Waals surface area (Å²) < 4.78 is 19.4. The molecule has 0 unspecified atom stereocenters. The van der Waals surface area contributed by atoms with Gasteiger partial charge < -0.3 is 4.42 Å². The molecule has 1 heterocycles. The molecule has 0 aliphatic carbocycles. The van der Waals surface area contributed by atoms with Crippen molar-refractivity contribution in [2.24, 2.45) is 0 Å². The van der Waals surface area contributed by atoms with Crippen LogP contribution in [0, 0.1) is 5.82 Å². The fourth-order valence-electron chi connectivity index (χ4n) is 1.97. The predicted molar refractivity (Wildman–Crippen MR) is 72.0 cm³/mol. The van der Waals surface area contributed by atoms with Crippen LogP contribution in [0.1, 0.15) is 10.4 Å². The van der Waals surface area contributed by atoms with Crippen LogP contribution < -0.4 is 0 Å². The van der Waals surface area contributed by atoms with Crippen molar-refractivity contribution in [2.75, 3.05) is 0 Å². The minimum absolute atomic E-state index is 0.247. The zero-order valence-corrected chi connectivity index (χ0v) is 10.4. The van der Waals surface area contributed by atoms with E-state index in [4.69, 9.17) is 16.0 Å². The first-order valence-electron chi connectivity index (χ1n) is 5.62. The molecule has 2 nitrogen and oxygen atoms in total. The maximum Gasteiger partial charge on any atom is 0.153 e. The Kier molecular flexibility index (Phi) is 2.84. The van der Waals surface area contributed by atoms with Crippen molar-refractivity contribution in [2.45, 2.75) is 0 Å². The number of aldehydes is 1. The van der Waals surface area contributed by atoms with Gasteiger partial charge in [-0.1, -0.05) is 23.7 Å². The van der Waals surface area contributed by atoms with E-state index in [-0.39, 0.29) is 5.56 Å². The number of fused-ring (bicyclic) bond motifs is 1. The quantitative estimate of drug-likeness (QED) is 0.634. The van der Waals surface area contributed by atoms with Crippen LogP contribution in [0.25, 0.3) is 22.3 Å². The fraction of sp³-hybridized carbons (Fsp3) is 0. The van der Waals surface area contributed by atoms with Crippen molar-refractivity contribution >= 4 is 28.9 Å². The Labute approximate surface area is 113 Å². The lowest BCUT2D eigenvalue weighted by Crippen LogP contribution is -1.86. The lowest BCUT2D eigenvalue weighted by molar-refractivity contribution is 0.112. The van der Waals surface area contributed by atoms with Gasteiger partial charge in [0.25, 0.3) is 0 Å². The number of para-hydroxylation sites is 1. The average Bonchev–Trinajstić information content (AvgIpc) is 2.84. The van der Waals surface area contributed by atoms with Crippen LogP contribution in [0.5, 0.6) is 0 Å². The van der Waals surface area contributed by atoms with Gasteiger partial charge in [0, 0.05) is 10.9 Å². The number of carbonyl (C=O) groups excluding carboxylic acids is 1. The third kappa shape index (κ3) is 2.02. The molecule has 4 heteroatoms. The standard InChI is InChI=1S/C15H8ClFO2/c16-12-3-1-2-10-7-14(19-15(10)12)11-6-9(8-18)4-5-13(11)17/h1-8H. The van der Waals surface area contributed by atoms with Crippen molar-refractivity contribution in [1.82, 2.24) is 0 Å². The molecule has 94 valence electrons. The van der Waals surface area contributed by atoms with E-state index < -0.39 is 5.82 Å². The summed E-state index contributed by atoms with van der Waals surface area (Å²) in [6.45, 7) is 0. The van der Waals surface area contributed by atoms with Crippen molar-refractivity contribution < 1.29 is 13.6 Å². The third-order valence-electron chi connectivity index (χ3n) is 2.89. The van der Waals surface area contributed by atoms with Gasteiger partial charge in [-0.25, -0.2) is 4.39 Å². The molecule has 0 bridgehead atoms. The predicted octanol–water partition coefficient (Wildman–Crippen LogP) is 4.70. The normalized spacial score (nSPS) is 10.8. The van der Waals surface area contributed by atoms with Crippen molar-refractivity contribution in [3.63, 3.8) is 0 Å². The number of carbonyl (C=O) groups is 1. The highest BCUT2D eigenvalue weighted by Crippen LogP contribution is 2.33. The van der Waals surface area contributed by atoms with Gasteiger partial charge in [-0.3, -0.25) is 4.79 Å². The number of hydrogen-bond acceptors (Lipinski definition) is 2. The lowest BCUT2D eigenvalue weighted by atomic mass is 10.1. The molecule has 19 heavy (non-hydrogen) atoms. The molecule has 0 aliphatic heterocycles. The maximum atomic E-state index is 13.8. The maximum absolute atomic E-state index is 13.8. The average molecular weight is 275 g/mol. The van der Waals surface area contributed by atoms with E-state index in [1.54, 1.807) is 18.2 Å². The van der Waals surface area contributed by atoms with Gasteiger partial charge in [0.2, 0.25) is 0 Å². The minimum atomic E-state index is -0.444. The molecule has 0 fully saturated rings. The number of furan rings is 1. The highest BCUT2D eigenvalue weighted by atomic mass is 35.5. The van der Waals surface area contributed by atoms with Crippen molar-refractivity contribution in [1.29, 1.82) is 0 Å². The van der Waals surface area contributed by atoms with Gasteiger partial charge in [0.1, 0.15) is 17.9 Å². The van der Waals surface area contributed by atoms with Crippen LogP contribution in [0.4, 0.5) is 4.39 Å². The van der Waals surface area contributed by atoms with E-state index >= 15 is 0 Å². The summed E-state index contributed by atoms with van der Waals surface area (Å²) >= 11 is 6.01. The molecule has 0 amide bonds. The molecule has 1 aromatic heterocycles. The highest BCUT2D eigenvalue weighted by Gasteiger charge is 2.13. The van der Waals surface area contributed by atoms with Crippen LogP contribution in [0.15, 0.2) is 46.9 Å². The van der Waals surface area contributed by atoms with Crippen LogP contribution in [0.2, 0.25) is 5.02 Å². The monoisotopic (exact) mass is 274 g/mol. The first-order valence-corrected chi connectivity index (χ1v) is 6.00. The summed E-state index contributed by atoms with van der Waals surface area (Å²) in [6, 6.07) is 11.1. The van der Waals surface area contributed by atoms with Crippen LogP contribution in [-0.2, 0) is 0 Å². The smallest absolute Gasteiger partial charge is 0.153 e. The van der Waals surface area contributed by atoms with Gasteiger partial charge in [-0.2, -0.15) is 0 Å². The van der Waals surface area contributed by atoms with E-state index in [0.29, 0.717) is 28.2 Å². The Morgan fingerprint density at radius 2 is 2.00 bits per heavy atom. The minimum Gasteiger partial charge on any atom is -0.454 e. The lowest BCUT2D eigenvalue weighted by Gasteiger charge is -2.00. The molecule has 0 N–H and O–H groups in total. The Morgan fingerprint density at radius 3 is 2.74 bits per heavy atom. The fourth-order valence-corrected chi connectivity index (χ4v) is 2.19. The van der Waals surface area contributed by atoms with Gasteiger partial charge >= 0.3 is 0 Å². The molecule has 0 atom stereocenters. The second-order valence-corrected chi connectivity index (χ2v) is 4.53. The van der Waals surface area contributed by atoms with Crippen LogP contribution >= 0.6 is 11.6 Å². The Morgan fingerprint density at radius 1 is 1.16 bits per heavy atom. The van der Waals surface area contributed by atoms with Crippen LogP contribution in [0.3, 0.4) is 0 Å². The first kappa shape index (κ1) is 11.9. The number of hydrogen-bond donors (Lipinski definition) is 0. The second-order valence-electron chi connectivity index (χ2n) is 4.13. The zero-order chi connectivity index (χ0) is 13.4. The molecule has 0 aliphatic rings. The van der Waals surface area contributed by atoms with Crippen LogP contribution in [-0.4, -0.2) is 6.29 Å². The molecule has 3 aromatic rings. The molecule has 3 rings (SSSR count).